The first-order valence-electron chi connectivity index (χ1n) is 11.7. The summed E-state index contributed by atoms with van der Waals surface area (Å²) in [6.07, 6.45) is 0.958. The van der Waals surface area contributed by atoms with Crippen molar-refractivity contribution >= 4 is 28.4 Å². The van der Waals surface area contributed by atoms with Gasteiger partial charge in [-0.25, -0.2) is 0 Å². The summed E-state index contributed by atoms with van der Waals surface area (Å²) >= 11 is 0. The Kier molecular flexibility index (Phi) is 5.12. The van der Waals surface area contributed by atoms with Gasteiger partial charge in [0.1, 0.15) is 0 Å². The summed E-state index contributed by atoms with van der Waals surface area (Å²) in [5.74, 6) is 0. The summed E-state index contributed by atoms with van der Waals surface area (Å²) in [4.78, 5) is 4.60. The fourth-order valence-electron chi connectivity index (χ4n) is 4.98. The van der Waals surface area contributed by atoms with E-state index < -0.39 is 0 Å². The minimum absolute atomic E-state index is 0.958. The van der Waals surface area contributed by atoms with Crippen molar-refractivity contribution in [3.63, 3.8) is 0 Å². The average molecular weight is 439 g/mol. The highest BCUT2D eigenvalue weighted by atomic mass is 15.1. The van der Waals surface area contributed by atoms with Gasteiger partial charge in [-0.2, -0.15) is 0 Å². The molecule has 0 saturated heterocycles. The van der Waals surface area contributed by atoms with E-state index in [9.17, 15) is 0 Å². The van der Waals surface area contributed by atoms with E-state index in [0.717, 1.165) is 23.5 Å². The van der Waals surface area contributed by atoms with E-state index in [1.165, 1.54) is 33.6 Å². The minimum atomic E-state index is 0.958. The summed E-state index contributed by atoms with van der Waals surface area (Å²) in [7, 11) is 2.11. The fraction of sp³-hybridized carbons (Fsp3) is 0.0625. The highest BCUT2D eigenvalue weighted by Crippen LogP contribution is 2.45. The van der Waals surface area contributed by atoms with Crippen molar-refractivity contribution < 1.29 is 0 Å². The summed E-state index contributed by atoms with van der Waals surface area (Å²) < 4.78 is 0. The van der Waals surface area contributed by atoms with Crippen LogP contribution in [0.25, 0.3) is 11.1 Å². The Balaban J connectivity index is 1.44. The molecule has 2 heteroatoms. The van der Waals surface area contributed by atoms with Crippen LogP contribution in [0.1, 0.15) is 11.1 Å². The zero-order chi connectivity index (χ0) is 22.9. The summed E-state index contributed by atoms with van der Waals surface area (Å²) in [6.45, 7) is 0. The first-order chi connectivity index (χ1) is 16.8. The molecule has 34 heavy (non-hydrogen) atoms. The minimum Gasteiger partial charge on any atom is -0.345 e. The second-order valence-electron chi connectivity index (χ2n) is 8.72. The number of para-hydroxylation sites is 2. The molecule has 0 radical (unpaired) electrons. The summed E-state index contributed by atoms with van der Waals surface area (Å²) in [6, 6.07) is 45.5. The Hall–Kier alpha value is -4.30. The molecule has 0 saturated carbocycles. The fourth-order valence-corrected chi connectivity index (χ4v) is 4.98. The van der Waals surface area contributed by atoms with Gasteiger partial charge >= 0.3 is 0 Å². The molecule has 0 N–H and O–H groups in total. The molecule has 0 aromatic heterocycles. The molecule has 5 aromatic rings. The average Bonchev–Trinajstić information content (AvgIpc) is 3.30. The molecule has 5 aromatic carbocycles. The third kappa shape index (κ3) is 3.54. The van der Waals surface area contributed by atoms with Crippen LogP contribution in [0.4, 0.5) is 28.4 Å². The second-order valence-corrected chi connectivity index (χ2v) is 8.72. The number of anilines is 5. The molecule has 2 nitrogen and oxygen atoms in total. The Labute approximate surface area is 201 Å². The van der Waals surface area contributed by atoms with Gasteiger partial charge in [-0.3, -0.25) is 0 Å². The van der Waals surface area contributed by atoms with E-state index in [0.29, 0.717) is 0 Å². The lowest BCUT2D eigenvalue weighted by Crippen LogP contribution is -2.13. The van der Waals surface area contributed by atoms with Gasteiger partial charge in [0.05, 0.1) is 5.69 Å². The molecular formula is C32H26N2. The van der Waals surface area contributed by atoms with Crippen LogP contribution in [0.15, 0.2) is 127 Å². The predicted molar refractivity (Wildman–Crippen MR) is 144 cm³/mol. The van der Waals surface area contributed by atoms with E-state index in [1.54, 1.807) is 0 Å². The lowest BCUT2D eigenvalue weighted by atomic mass is 10.0. The standard InChI is InChI=1S/C32H26N2/c1-33(25-12-4-2-5-13-25)26-19-21-28(22-20-26)34(27-14-6-3-7-15-27)32-18-10-17-30-29-16-9-8-11-24(29)23-31(30)32/h2-22H,23H2,1H3. The summed E-state index contributed by atoms with van der Waals surface area (Å²) in [5.41, 5.74) is 11.4. The Morgan fingerprint density at radius 3 is 1.74 bits per heavy atom. The maximum atomic E-state index is 2.39. The summed E-state index contributed by atoms with van der Waals surface area (Å²) in [5, 5.41) is 0. The topological polar surface area (TPSA) is 6.48 Å². The Bertz CT molecular complexity index is 1420. The molecule has 6 rings (SSSR count). The van der Waals surface area contributed by atoms with Crippen molar-refractivity contribution in [3.05, 3.63) is 139 Å². The molecule has 0 fully saturated rings. The van der Waals surface area contributed by atoms with E-state index in [2.05, 4.69) is 144 Å². The van der Waals surface area contributed by atoms with Gasteiger partial charge in [0.15, 0.2) is 0 Å². The van der Waals surface area contributed by atoms with Crippen LogP contribution in [0.3, 0.4) is 0 Å². The van der Waals surface area contributed by atoms with Gasteiger partial charge in [0.25, 0.3) is 0 Å². The highest BCUT2D eigenvalue weighted by Gasteiger charge is 2.24. The quantitative estimate of drug-likeness (QED) is 0.266. The molecule has 1 aliphatic rings. The molecule has 0 unspecified atom stereocenters. The van der Waals surface area contributed by atoms with Gasteiger partial charge < -0.3 is 9.80 Å². The number of fused-ring (bicyclic) bond motifs is 3. The van der Waals surface area contributed by atoms with Crippen molar-refractivity contribution in [2.45, 2.75) is 6.42 Å². The van der Waals surface area contributed by atoms with E-state index in [-0.39, 0.29) is 0 Å². The number of rotatable bonds is 5. The molecule has 0 bridgehead atoms. The third-order valence-corrected chi connectivity index (χ3v) is 6.72. The molecular weight excluding hydrogens is 412 g/mol. The van der Waals surface area contributed by atoms with Gasteiger partial charge in [0.2, 0.25) is 0 Å². The second kappa shape index (κ2) is 8.57. The van der Waals surface area contributed by atoms with Crippen molar-refractivity contribution in [1.82, 2.24) is 0 Å². The number of nitrogens with zero attached hydrogens (tertiary/aromatic N) is 2. The Morgan fingerprint density at radius 1 is 0.471 bits per heavy atom. The Morgan fingerprint density at radius 2 is 1.00 bits per heavy atom. The van der Waals surface area contributed by atoms with Crippen molar-refractivity contribution in [1.29, 1.82) is 0 Å². The van der Waals surface area contributed by atoms with Crippen LogP contribution in [0.5, 0.6) is 0 Å². The molecule has 164 valence electrons. The SMILES string of the molecule is CN(c1ccccc1)c1ccc(N(c2ccccc2)c2cccc3c2Cc2ccccc2-3)cc1. The molecule has 1 aliphatic carbocycles. The van der Waals surface area contributed by atoms with Crippen molar-refractivity contribution in [2.75, 3.05) is 16.8 Å². The monoisotopic (exact) mass is 438 g/mol. The number of benzene rings is 5. The zero-order valence-electron chi connectivity index (χ0n) is 19.2. The first kappa shape index (κ1) is 20.3. The third-order valence-electron chi connectivity index (χ3n) is 6.72. The van der Waals surface area contributed by atoms with E-state index >= 15 is 0 Å². The van der Waals surface area contributed by atoms with E-state index in [4.69, 9.17) is 0 Å². The van der Waals surface area contributed by atoms with Gasteiger partial charge in [0, 0.05) is 36.2 Å². The highest BCUT2D eigenvalue weighted by molar-refractivity contribution is 5.88. The van der Waals surface area contributed by atoms with Crippen molar-refractivity contribution in [2.24, 2.45) is 0 Å². The van der Waals surface area contributed by atoms with Gasteiger partial charge in [-0.1, -0.05) is 72.8 Å². The molecule has 0 aliphatic heterocycles. The first-order valence-corrected chi connectivity index (χ1v) is 11.7. The largest absolute Gasteiger partial charge is 0.345 e. The smallest absolute Gasteiger partial charge is 0.0503 e. The van der Waals surface area contributed by atoms with Crippen LogP contribution < -0.4 is 9.80 Å². The van der Waals surface area contributed by atoms with Gasteiger partial charge in [-0.05, 0) is 76.9 Å². The maximum Gasteiger partial charge on any atom is 0.0503 e. The van der Waals surface area contributed by atoms with Gasteiger partial charge in [-0.15, -0.1) is 0 Å². The lowest BCUT2D eigenvalue weighted by molar-refractivity contribution is 1.19. The number of hydrogen-bond donors (Lipinski definition) is 0. The molecule has 0 atom stereocenters. The molecule has 0 amide bonds. The predicted octanol–water partition coefficient (Wildman–Crippen LogP) is 8.50. The number of hydrogen-bond acceptors (Lipinski definition) is 2. The van der Waals surface area contributed by atoms with Crippen LogP contribution in [0, 0.1) is 0 Å². The zero-order valence-corrected chi connectivity index (χ0v) is 19.2. The normalized spacial score (nSPS) is 11.6. The van der Waals surface area contributed by atoms with E-state index in [1.807, 2.05) is 0 Å². The molecule has 0 heterocycles. The maximum absolute atomic E-state index is 2.39. The van der Waals surface area contributed by atoms with Crippen molar-refractivity contribution in [3.8, 4) is 11.1 Å². The molecule has 0 spiro atoms. The van der Waals surface area contributed by atoms with Crippen LogP contribution in [0.2, 0.25) is 0 Å². The van der Waals surface area contributed by atoms with Crippen LogP contribution >= 0.6 is 0 Å². The van der Waals surface area contributed by atoms with Crippen LogP contribution in [-0.4, -0.2) is 7.05 Å². The lowest BCUT2D eigenvalue weighted by Gasteiger charge is -2.28. The van der Waals surface area contributed by atoms with Crippen LogP contribution in [-0.2, 0) is 6.42 Å².